The van der Waals surface area contributed by atoms with Crippen LogP contribution in [0.4, 0.5) is 5.69 Å². The molecule has 0 aliphatic carbocycles. The van der Waals surface area contributed by atoms with Crippen LogP contribution in [-0.2, 0) is 0 Å². The first kappa shape index (κ1) is 15.8. The van der Waals surface area contributed by atoms with Crippen molar-refractivity contribution in [2.24, 2.45) is 0 Å². The van der Waals surface area contributed by atoms with Gasteiger partial charge in [0.1, 0.15) is 0 Å². The Morgan fingerprint density at radius 2 is 2.05 bits per heavy atom. The fourth-order valence-corrected chi connectivity index (χ4v) is 2.15. The summed E-state index contributed by atoms with van der Waals surface area (Å²) in [5.41, 5.74) is 1.50. The summed E-state index contributed by atoms with van der Waals surface area (Å²) in [6, 6.07) is 5.77. The molecule has 1 unspecified atom stereocenters. The van der Waals surface area contributed by atoms with E-state index in [1.807, 2.05) is 6.07 Å². The van der Waals surface area contributed by atoms with E-state index in [1.54, 1.807) is 31.1 Å². The second kappa shape index (κ2) is 7.39. The Labute approximate surface area is 120 Å². The maximum Gasteiger partial charge on any atom is 0.253 e. The number of rotatable bonds is 6. The highest BCUT2D eigenvalue weighted by molar-refractivity contribution is 6.33. The first-order valence-corrected chi connectivity index (χ1v) is 7.15. The van der Waals surface area contributed by atoms with Gasteiger partial charge in [-0.3, -0.25) is 4.79 Å². The maximum absolute atomic E-state index is 11.9. The van der Waals surface area contributed by atoms with Crippen molar-refractivity contribution in [3.63, 3.8) is 0 Å². The molecule has 19 heavy (non-hydrogen) atoms. The molecule has 0 saturated carbocycles. The van der Waals surface area contributed by atoms with Gasteiger partial charge in [0.15, 0.2) is 0 Å². The summed E-state index contributed by atoms with van der Waals surface area (Å²) in [5.74, 6) is -0.0109. The number of hydrogen-bond acceptors (Lipinski definition) is 2. The molecule has 0 spiro atoms. The summed E-state index contributed by atoms with van der Waals surface area (Å²) in [6.45, 7) is 4.31. The van der Waals surface area contributed by atoms with Crippen LogP contribution in [0.1, 0.15) is 43.5 Å². The molecule has 1 amide bonds. The van der Waals surface area contributed by atoms with Crippen molar-refractivity contribution >= 4 is 23.2 Å². The van der Waals surface area contributed by atoms with Gasteiger partial charge in [-0.2, -0.15) is 0 Å². The van der Waals surface area contributed by atoms with E-state index in [-0.39, 0.29) is 5.91 Å². The molecule has 0 radical (unpaired) electrons. The van der Waals surface area contributed by atoms with Gasteiger partial charge in [0.25, 0.3) is 5.91 Å². The van der Waals surface area contributed by atoms with Gasteiger partial charge in [-0.05, 0) is 31.0 Å². The van der Waals surface area contributed by atoms with Crippen molar-refractivity contribution in [2.45, 2.75) is 39.2 Å². The summed E-state index contributed by atoms with van der Waals surface area (Å²) in [7, 11) is 3.49. The summed E-state index contributed by atoms with van der Waals surface area (Å²) in [6.07, 6.45) is 3.26. The molecule has 0 aliphatic rings. The lowest BCUT2D eigenvalue weighted by Crippen LogP contribution is -2.22. The average molecular weight is 283 g/mol. The molecule has 4 heteroatoms. The average Bonchev–Trinajstić information content (AvgIpc) is 2.39. The van der Waals surface area contributed by atoms with Gasteiger partial charge in [-0.1, -0.05) is 31.9 Å². The van der Waals surface area contributed by atoms with E-state index < -0.39 is 0 Å². The van der Waals surface area contributed by atoms with Crippen LogP contribution >= 0.6 is 11.6 Å². The topological polar surface area (TPSA) is 32.3 Å². The predicted octanol–water partition coefficient (Wildman–Crippen LogP) is 4.03. The second-order valence-electron chi connectivity index (χ2n) is 4.93. The Hall–Kier alpha value is -1.22. The highest BCUT2D eigenvalue weighted by Crippen LogP contribution is 2.25. The number of nitrogens with one attached hydrogen (secondary N) is 1. The van der Waals surface area contributed by atoms with E-state index in [4.69, 9.17) is 11.6 Å². The monoisotopic (exact) mass is 282 g/mol. The zero-order valence-electron chi connectivity index (χ0n) is 12.2. The zero-order valence-corrected chi connectivity index (χ0v) is 12.9. The zero-order chi connectivity index (χ0) is 14.4. The first-order valence-electron chi connectivity index (χ1n) is 6.77. The Balaban J connectivity index is 2.94. The SMILES string of the molecule is CCCC(CC)Nc1cc(C(=O)N(C)C)ccc1Cl. The van der Waals surface area contributed by atoms with E-state index >= 15 is 0 Å². The lowest BCUT2D eigenvalue weighted by Gasteiger charge is -2.19. The third kappa shape index (κ3) is 4.43. The van der Waals surface area contributed by atoms with Gasteiger partial charge in [-0.25, -0.2) is 0 Å². The van der Waals surface area contributed by atoms with E-state index in [0.717, 1.165) is 24.9 Å². The molecule has 1 aromatic carbocycles. The molecule has 0 fully saturated rings. The molecule has 1 atom stereocenters. The number of anilines is 1. The molecule has 0 saturated heterocycles. The molecule has 0 aliphatic heterocycles. The summed E-state index contributed by atoms with van der Waals surface area (Å²) in [4.78, 5) is 13.5. The van der Waals surface area contributed by atoms with Gasteiger partial charge in [0, 0.05) is 25.7 Å². The second-order valence-corrected chi connectivity index (χ2v) is 5.34. The van der Waals surface area contributed by atoms with Crippen molar-refractivity contribution in [3.05, 3.63) is 28.8 Å². The number of hydrogen-bond donors (Lipinski definition) is 1. The van der Waals surface area contributed by atoms with Crippen LogP contribution in [0.15, 0.2) is 18.2 Å². The van der Waals surface area contributed by atoms with Crippen LogP contribution in [-0.4, -0.2) is 30.9 Å². The minimum Gasteiger partial charge on any atom is -0.381 e. The number of benzene rings is 1. The van der Waals surface area contributed by atoms with Crippen LogP contribution in [0.3, 0.4) is 0 Å². The number of carbonyl (C=O) groups is 1. The molecule has 0 bridgehead atoms. The molecule has 1 aromatic rings. The Morgan fingerprint density at radius 1 is 1.37 bits per heavy atom. The molecule has 1 N–H and O–H groups in total. The maximum atomic E-state index is 11.9. The van der Waals surface area contributed by atoms with Crippen molar-refractivity contribution in [1.82, 2.24) is 4.90 Å². The van der Waals surface area contributed by atoms with Gasteiger partial charge < -0.3 is 10.2 Å². The largest absolute Gasteiger partial charge is 0.381 e. The van der Waals surface area contributed by atoms with Crippen LogP contribution in [0.5, 0.6) is 0 Å². The van der Waals surface area contributed by atoms with E-state index in [1.165, 1.54) is 0 Å². The fourth-order valence-electron chi connectivity index (χ4n) is 1.97. The van der Waals surface area contributed by atoms with E-state index in [0.29, 0.717) is 16.6 Å². The predicted molar refractivity (Wildman–Crippen MR) is 82.1 cm³/mol. The molecule has 3 nitrogen and oxygen atoms in total. The lowest BCUT2D eigenvalue weighted by atomic mass is 10.1. The normalized spacial score (nSPS) is 12.1. The Bertz CT molecular complexity index is 432. The summed E-state index contributed by atoms with van der Waals surface area (Å²) >= 11 is 6.19. The van der Waals surface area contributed by atoms with Crippen LogP contribution in [0.2, 0.25) is 5.02 Å². The molecular formula is C15H23ClN2O. The van der Waals surface area contributed by atoms with Gasteiger partial charge in [0.05, 0.1) is 10.7 Å². The van der Waals surface area contributed by atoms with E-state index in [9.17, 15) is 4.79 Å². The minimum absolute atomic E-state index is 0.0109. The van der Waals surface area contributed by atoms with E-state index in [2.05, 4.69) is 19.2 Å². The number of nitrogens with zero attached hydrogens (tertiary/aromatic N) is 1. The van der Waals surface area contributed by atoms with Gasteiger partial charge in [0.2, 0.25) is 0 Å². The molecule has 1 rings (SSSR count). The molecule has 106 valence electrons. The van der Waals surface area contributed by atoms with Crippen LogP contribution < -0.4 is 5.32 Å². The number of carbonyl (C=O) groups excluding carboxylic acids is 1. The van der Waals surface area contributed by atoms with Crippen LogP contribution in [0.25, 0.3) is 0 Å². The lowest BCUT2D eigenvalue weighted by molar-refractivity contribution is 0.0827. The standard InChI is InChI=1S/C15H23ClN2O/c1-5-7-12(6-2)17-14-10-11(8-9-13(14)16)15(19)18(3)4/h8-10,12,17H,5-7H2,1-4H3. The van der Waals surface area contributed by atoms with Crippen molar-refractivity contribution in [3.8, 4) is 0 Å². The van der Waals surface area contributed by atoms with Gasteiger partial charge >= 0.3 is 0 Å². The summed E-state index contributed by atoms with van der Waals surface area (Å²) < 4.78 is 0. The Kier molecular flexibility index (Phi) is 6.16. The quantitative estimate of drug-likeness (QED) is 0.854. The third-order valence-corrected chi connectivity index (χ3v) is 3.44. The molecule has 0 aromatic heterocycles. The van der Waals surface area contributed by atoms with Crippen molar-refractivity contribution in [2.75, 3.05) is 19.4 Å². The summed E-state index contributed by atoms with van der Waals surface area (Å²) in [5, 5.41) is 4.09. The highest BCUT2D eigenvalue weighted by Gasteiger charge is 2.12. The number of halogens is 1. The fraction of sp³-hybridized carbons (Fsp3) is 0.533. The first-order chi connectivity index (χ1) is 8.99. The van der Waals surface area contributed by atoms with Crippen molar-refractivity contribution in [1.29, 1.82) is 0 Å². The Morgan fingerprint density at radius 3 is 2.58 bits per heavy atom. The highest BCUT2D eigenvalue weighted by atomic mass is 35.5. The van der Waals surface area contributed by atoms with Crippen molar-refractivity contribution < 1.29 is 4.79 Å². The third-order valence-electron chi connectivity index (χ3n) is 3.11. The minimum atomic E-state index is -0.0109. The molecular weight excluding hydrogens is 260 g/mol. The van der Waals surface area contributed by atoms with Gasteiger partial charge in [-0.15, -0.1) is 0 Å². The number of amides is 1. The molecule has 0 heterocycles. The van der Waals surface area contributed by atoms with Crippen LogP contribution in [0, 0.1) is 0 Å². The smallest absolute Gasteiger partial charge is 0.253 e.